The molecule has 0 amide bonds. The van der Waals surface area contributed by atoms with Crippen LogP contribution in [0, 0.1) is 20.8 Å². The first kappa shape index (κ1) is 17.3. The van der Waals surface area contributed by atoms with E-state index in [9.17, 15) is 0 Å². The van der Waals surface area contributed by atoms with Crippen molar-refractivity contribution in [2.75, 3.05) is 23.3 Å². The molecule has 0 spiro atoms. The quantitative estimate of drug-likeness (QED) is 0.799. The van der Waals surface area contributed by atoms with E-state index in [-0.39, 0.29) is 0 Å². The van der Waals surface area contributed by atoms with Gasteiger partial charge >= 0.3 is 0 Å². The monoisotopic (exact) mass is 312 g/mol. The third kappa shape index (κ3) is 4.95. The van der Waals surface area contributed by atoms with Crippen LogP contribution in [0.5, 0.6) is 0 Å². The van der Waals surface area contributed by atoms with Gasteiger partial charge in [-0.05, 0) is 56.9 Å². The summed E-state index contributed by atoms with van der Waals surface area (Å²) in [7, 11) is 0. The van der Waals surface area contributed by atoms with Gasteiger partial charge in [-0.1, -0.05) is 19.9 Å². The Morgan fingerprint density at radius 1 is 0.870 bits per heavy atom. The number of aryl methyl sites for hydroxylation is 3. The first-order chi connectivity index (χ1) is 11.0. The number of hydrogen-bond acceptors (Lipinski definition) is 4. The van der Waals surface area contributed by atoms with Gasteiger partial charge in [0.1, 0.15) is 17.5 Å². The van der Waals surface area contributed by atoms with E-state index < -0.39 is 0 Å². The molecule has 0 radical (unpaired) electrons. The molecular weight excluding hydrogens is 284 g/mol. The van der Waals surface area contributed by atoms with E-state index in [1.54, 1.807) is 0 Å². The van der Waals surface area contributed by atoms with Crippen LogP contribution in [0.15, 0.2) is 24.3 Å². The van der Waals surface area contributed by atoms with Crippen molar-refractivity contribution in [2.24, 2.45) is 0 Å². The van der Waals surface area contributed by atoms with Gasteiger partial charge in [0.05, 0.1) is 0 Å². The second kappa shape index (κ2) is 7.95. The molecule has 124 valence electrons. The van der Waals surface area contributed by atoms with Crippen molar-refractivity contribution in [1.29, 1.82) is 0 Å². The molecule has 0 aliphatic heterocycles. The number of rotatable bonds is 7. The zero-order valence-electron chi connectivity index (χ0n) is 15.0. The molecule has 2 aromatic rings. The Balaban J connectivity index is 2.28. The average molecular weight is 312 g/mol. The summed E-state index contributed by atoms with van der Waals surface area (Å²) in [4.78, 5) is 11.5. The van der Waals surface area contributed by atoms with E-state index in [2.05, 4.69) is 72.1 Å². The standard InChI is InChI=1S/C19H28N4/c1-6-8-23(9-7-2)19-13-18(20-16(5)21-19)22-17-11-14(3)10-15(4)12-17/h10-13H,6-9H2,1-5H3,(H,20,21,22). The Labute approximate surface area is 140 Å². The van der Waals surface area contributed by atoms with E-state index in [1.165, 1.54) is 11.1 Å². The minimum absolute atomic E-state index is 0.798. The third-order valence-corrected chi connectivity index (χ3v) is 3.63. The van der Waals surface area contributed by atoms with Crippen LogP contribution in [0.25, 0.3) is 0 Å². The van der Waals surface area contributed by atoms with Gasteiger partial charge in [0.2, 0.25) is 0 Å². The van der Waals surface area contributed by atoms with Crippen LogP contribution in [0.4, 0.5) is 17.3 Å². The molecule has 0 saturated carbocycles. The number of hydrogen-bond donors (Lipinski definition) is 1. The second-order valence-corrected chi connectivity index (χ2v) is 6.15. The van der Waals surface area contributed by atoms with E-state index in [0.29, 0.717) is 0 Å². The summed E-state index contributed by atoms with van der Waals surface area (Å²) in [6.45, 7) is 12.6. The van der Waals surface area contributed by atoms with Crippen molar-refractivity contribution in [3.63, 3.8) is 0 Å². The van der Waals surface area contributed by atoms with Gasteiger partial charge in [-0.25, -0.2) is 9.97 Å². The molecule has 0 aliphatic rings. The van der Waals surface area contributed by atoms with Gasteiger partial charge in [0.15, 0.2) is 0 Å². The van der Waals surface area contributed by atoms with Crippen molar-refractivity contribution < 1.29 is 0 Å². The maximum Gasteiger partial charge on any atom is 0.136 e. The van der Waals surface area contributed by atoms with Gasteiger partial charge in [-0.2, -0.15) is 0 Å². The Hall–Kier alpha value is -2.10. The number of nitrogens with zero attached hydrogens (tertiary/aromatic N) is 3. The molecule has 0 unspecified atom stereocenters. The van der Waals surface area contributed by atoms with Gasteiger partial charge in [0, 0.05) is 24.8 Å². The van der Waals surface area contributed by atoms with Crippen LogP contribution >= 0.6 is 0 Å². The molecule has 1 aromatic heterocycles. The molecule has 0 fully saturated rings. The summed E-state index contributed by atoms with van der Waals surface area (Å²) in [5, 5.41) is 3.43. The second-order valence-electron chi connectivity index (χ2n) is 6.15. The maximum absolute atomic E-state index is 4.62. The lowest BCUT2D eigenvalue weighted by atomic mass is 10.1. The highest BCUT2D eigenvalue weighted by atomic mass is 15.2. The first-order valence-electron chi connectivity index (χ1n) is 8.47. The van der Waals surface area contributed by atoms with Crippen LogP contribution in [0.1, 0.15) is 43.6 Å². The first-order valence-corrected chi connectivity index (χ1v) is 8.47. The van der Waals surface area contributed by atoms with E-state index in [0.717, 1.165) is 49.1 Å². The Bertz CT molecular complexity index is 626. The zero-order chi connectivity index (χ0) is 16.8. The summed E-state index contributed by atoms with van der Waals surface area (Å²) < 4.78 is 0. The number of anilines is 3. The number of nitrogens with one attached hydrogen (secondary N) is 1. The van der Waals surface area contributed by atoms with Crippen LogP contribution in [-0.4, -0.2) is 23.1 Å². The zero-order valence-corrected chi connectivity index (χ0v) is 15.0. The summed E-state index contributed by atoms with van der Waals surface area (Å²) in [5.74, 6) is 2.66. The minimum atomic E-state index is 0.798. The Morgan fingerprint density at radius 3 is 2.04 bits per heavy atom. The molecule has 1 N–H and O–H groups in total. The van der Waals surface area contributed by atoms with E-state index in [1.807, 2.05) is 6.92 Å². The van der Waals surface area contributed by atoms with Crippen molar-refractivity contribution in [3.05, 3.63) is 41.2 Å². The molecule has 0 atom stereocenters. The lowest BCUT2D eigenvalue weighted by molar-refractivity contribution is 0.730. The van der Waals surface area contributed by atoms with E-state index >= 15 is 0 Å². The van der Waals surface area contributed by atoms with Gasteiger partial charge in [0.25, 0.3) is 0 Å². The van der Waals surface area contributed by atoms with Crippen molar-refractivity contribution >= 4 is 17.3 Å². The average Bonchev–Trinajstić information content (AvgIpc) is 2.45. The summed E-state index contributed by atoms with van der Waals surface area (Å²) >= 11 is 0. The van der Waals surface area contributed by atoms with Crippen LogP contribution in [-0.2, 0) is 0 Å². The van der Waals surface area contributed by atoms with Gasteiger partial charge in [-0.3, -0.25) is 0 Å². The SMILES string of the molecule is CCCN(CCC)c1cc(Nc2cc(C)cc(C)c2)nc(C)n1. The predicted molar refractivity (Wildman–Crippen MR) is 98.8 cm³/mol. The Morgan fingerprint density at radius 2 is 1.48 bits per heavy atom. The predicted octanol–water partition coefficient (Wildman–Crippen LogP) is 4.77. The lowest BCUT2D eigenvalue weighted by Crippen LogP contribution is -2.26. The normalized spacial score (nSPS) is 10.7. The lowest BCUT2D eigenvalue weighted by Gasteiger charge is -2.23. The van der Waals surface area contributed by atoms with Crippen molar-refractivity contribution in [3.8, 4) is 0 Å². The molecule has 4 heteroatoms. The molecule has 2 rings (SSSR count). The van der Waals surface area contributed by atoms with Crippen LogP contribution < -0.4 is 10.2 Å². The molecule has 0 aliphatic carbocycles. The molecule has 1 heterocycles. The smallest absolute Gasteiger partial charge is 0.136 e. The fourth-order valence-corrected chi connectivity index (χ4v) is 2.85. The number of benzene rings is 1. The highest BCUT2D eigenvalue weighted by Crippen LogP contribution is 2.22. The van der Waals surface area contributed by atoms with E-state index in [4.69, 9.17) is 0 Å². The molecule has 0 saturated heterocycles. The molecule has 0 bridgehead atoms. The fourth-order valence-electron chi connectivity index (χ4n) is 2.85. The Kier molecular flexibility index (Phi) is 5.97. The topological polar surface area (TPSA) is 41.0 Å². The van der Waals surface area contributed by atoms with Crippen molar-refractivity contribution in [1.82, 2.24) is 9.97 Å². The molecular formula is C19H28N4. The highest BCUT2D eigenvalue weighted by molar-refractivity contribution is 5.61. The van der Waals surface area contributed by atoms with Gasteiger partial charge < -0.3 is 10.2 Å². The largest absolute Gasteiger partial charge is 0.356 e. The summed E-state index contributed by atoms with van der Waals surface area (Å²) in [6.07, 6.45) is 2.23. The minimum Gasteiger partial charge on any atom is -0.356 e. The number of aromatic nitrogens is 2. The third-order valence-electron chi connectivity index (χ3n) is 3.63. The van der Waals surface area contributed by atoms with Crippen LogP contribution in [0.2, 0.25) is 0 Å². The fraction of sp³-hybridized carbons (Fsp3) is 0.474. The highest BCUT2D eigenvalue weighted by Gasteiger charge is 2.09. The summed E-state index contributed by atoms with van der Waals surface area (Å²) in [5.41, 5.74) is 3.57. The molecule has 4 nitrogen and oxygen atoms in total. The molecule has 1 aromatic carbocycles. The summed E-state index contributed by atoms with van der Waals surface area (Å²) in [6, 6.07) is 8.50. The van der Waals surface area contributed by atoms with Crippen molar-refractivity contribution in [2.45, 2.75) is 47.5 Å². The van der Waals surface area contributed by atoms with Gasteiger partial charge in [-0.15, -0.1) is 0 Å². The maximum atomic E-state index is 4.62. The van der Waals surface area contributed by atoms with Crippen LogP contribution in [0.3, 0.4) is 0 Å². The molecule has 23 heavy (non-hydrogen) atoms.